The average Bonchev–Trinajstić information content (AvgIpc) is 2.02. The van der Waals surface area contributed by atoms with Crippen molar-refractivity contribution in [3.8, 4) is 0 Å². The van der Waals surface area contributed by atoms with Crippen LogP contribution in [0.5, 0.6) is 0 Å². The fourth-order valence-corrected chi connectivity index (χ4v) is 2.25. The zero-order valence-electron chi connectivity index (χ0n) is 7.69. The number of hydrogen-bond donors (Lipinski definition) is 1. The first kappa shape index (κ1) is 8.86. The molecule has 1 N–H and O–H groups in total. The highest BCUT2D eigenvalue weighted by molar-refractivity contribution is 4.94. The van der Waals surface area contributed by atoms with Crippen LogP contribution in [0.1, 0.15) is 0 Å². The molecule has 74 valence electrons. The van der Waals surface area contributed by atoms with Crippen LogP contribution in [0.3, 0.4) is 0 Å². The largest absolute Gasteiger partial charge is 0.297 e. The fourth-order valence-electron chi connectivity index (χ4n) is 2.25. The molecule has 0 aliphatic carbocycles. The van der Waals surface area contributed by atoms with E-state index in [2.05, 4.69) is 10.2 Å². The van der Waals surface area contributed by atoms with E-state index >= 15 is 0 Å². The van der Waals surface area contributed by atoms with Crippen molar-refractivity contribution in [2.24, 2.45) is 0 Å². The lowest BCUT2D eigenvalue weighted by molar-refractivity contribution is -0.576. The summed E-state index contributed by atoms with van der Waals surface area (Å²) in [5.74, 6) is 0. The summed E-state index contributed by atoms with van der Waals surface area (Å²) in [4.78, 5) is 14.9. The van der Waals surface area contributed by atoms with E-state index in [4.69, 9.17) is 0 Å². The van der Waals surface area contributed by atoms with Crippen molar-refractivity contribution in [2.45, 2.75) is 5.54 Å². The highest BCUT2D eigenvalue weighted by Crippen LogP contribution is 2.20. The molecule has 0 spiro atoms. The minimum absolute atomic E-state index is 0.137. The Hall–Kier alpha value is -0.720. The summed E-state index contributed by atoms with van der Waals surface area (Å²) >= 11 is 0. The van der Waals surface area contributed by atoms with Crippen LogP contribution in [0, 0.1) is 10.1 Å². The SMILES string of the molecule is CN1CN2CNC[C@]([N+](=O)[O-])(C1)C2. The molecule has 2 atom stereocenters. The maximum atomic E-state index is 10.9. The van der Waals surface area contributed by atoms with E-state index in [1.807, 2.05) is 11.9 Å². The Balaban J connectivity index is 2.20. The Kier molecular flexibility index (Phi) is 1.98. The first-order valence-electron chi connectivity index (χ1n) is 4.38. The van der Waals surface area contributed by atoms with Gasteiger partial charge in [0.1, 0.15) is 0 Å². The molecule has 13 heavy (non-hydrogen) atoms. The number of hydrogen-bond acceptors (Lipinski definition) is 5. The van der Waals surface area contributed by atoms with Crippen LogP contribution < -0.4 is 5.32 Å². The number of nitrogens with zero attached hydrogens (tertiary/aromatic N) is 3. The summed E-state index contributed by atoms with van der Waals surface area (Å²) < 4.78 is 0. The van der Waals surface area contributed by atoms with Crippen LogP contribution in [0.25, 0.3) is 0 Å². The summed E-state index contributed by atoms with van der Waals surface area (Å²) in [6, 6.07) is 0. The second-order valence-corrected chi connectivity index (χ2v) is 4.05. The van der Waals surface area contributed by atoms with Gasteiger partial charge in [-0.15, -0.1) is 0 Å². The summed E-state index contributed by atoms with van der Waals surface area (Å²) in [5.41, 5.74) is -0.786. The number of likely N-dealkylation sites (N-methyl/N-ethyl adjacent to an activating group) is 1. The van der Waals surface area contributed by atoms with Crippen molar-refractivity contribution in [1.29, 1.82) is 0 Å². The van der Waals surface area contributed by atoms with Gasteiger partial charge in [0.2, 0.25) is 0 Å². The van der Waals surface area contributed by atoms with E-state index in [9.17, 15) is 10.1 Å². The standard InChI is InChI=1S/C7H14N4O2/c1-9-3-7(11(12)13)2-8-5-10(4-7)6-9/h8H,2-6H2,1H3/t7-/m0/s1. The van der Waals surface area contributed by atoms with Gasteiger partial charge in [-0.25, -0.2) is 0 Å². The maximum absolute atomic E-state index is 10.9. The van der Waals surface area contributed by atoms with Gasteiger partial charge in [-0.1, -0.05) is 0 Å². The van der Waals surface area contributed by atoms with E-state index in [1.54, 1.807) is 0 Å². The van der Waals surface area contributed by atoms with Gasteiger partial charge >= 0.3 is 0 Å². The molecule has 6 nitrogen and oxygen atoms in total. The lowest BCUT2D eigenvalue weighted by Crippen LogP contribution is -2.70. The lowest BCUT2D eigenvalue weighted by atomic mass is 9.95. The molecule has 1 unspecified atom stereocenters. The molecule has 0 radical (unpaired) electrons. The van der Waals surface area contributed by atoms with E-state index in [0.717, 1.165) is 13.3 Å². The number of rotatable bonds is 1. The summed E-state index contributed by atoms with van der Waals surface area (Å²) in [6.07, 6.45) is 0. The monoisotopic (exact) mass is 186 g/mol. The van der Waals surface area contributed by atoms with Crippen molar-refractivity contribution in [3.63, 3.8) is 0 Å². The Labute approximate surface area is 76.6 Å². The molecule has 0 amide bonds. The summed E-state index contributed by atoms with van der Waals surface area (Å²) in [7, 11) is 1.93. The molecular formula is C7H14N4O2. The highest BCUT2D eigenvalue weighted by atomic mass is 16.6. The molecule has 2 fully saturated rings. The molecule has 2 rings (SSSR count). The van der Waals surface area contributed by atoms with Crippen LogP contribution >= 0.6 is 0 Å². The second-order valence-electron chi connectivity index (χ2n) is 4.05. The maximum Gasteiger partial charge on any atom is 0.259 e. The molecular weight excluding hydrogens is 172 g/mol. The summed E-state index contributed by atoms with van der Waals surface area (Å²) in [5, 5.41) is 14.0. The van der Waals surface area contributed by atoms with Crippen LogP contribution in [-0.4, -0.2) is 60.3 Å². The minimum atomic E-state index is -0.786. The molecule has 2 aliphatic heterocycles. The van der Waals surface area contributed by atoms with Gasteiger partial charge in [-0.2, -0.15) is 0 Å². The van der Waals surface area contributed by atoms with E-state index in [-0.39, 0.29) is 4.92 Å². The van der Waals surface area contributed by atoms with Crippen LogP contribution in [0.4, 0.5) is 0 Å². The normalized spacial score (nSPS) is 40.2. The molecule has 0 saturated carbocycles. The minimum Gasteiger partial charge on any atom is -0.297 e. The van der Waals surface area contributed by atoms with E-state index in [1.165, 1.54) is 0 Å². The van der Waals surface area contributed by atoms with Gasteiger partial charge in [-0.05, 0) is 7.05 Å². The molecule has 0 aromatic carbocycles. The Morgan fingerprint density at radius 3 is 3.00 bits per heavy atom. The van der Waals surface area contributed by atoms with Crippen molar-refractivity contribution >= 4 is 0 Å². The highest BCUT2D eigenvalue weighted by Gasteiger charge is 2.50. The van der Waals surface area contributed by atoms with Crippen LogP contribution in [-0.2, 0) is 0 Å². The van der Waals surface area contributed by atoms with E-state index in [0.29, 0.717) is 19.6 Å². The topological polar surface area (TPSA) is 61.6 Å². The Morgan fingerprint density at radius 2 is 2.31 bits per heavy atom. The third kappa shape index (κ3) is 1.41. The third-order valence-electron chi connectivity index (χ3n) is 2.70. The first-order chi connectivity index (χ1) is 6.12. The summed E-state index contributed by atoms with van der Waals surface area (Å²) in [6.45, 7) is 3.20. The van der Waals surface area contributed by atoms with Crippen molar-refractivity contribution in [1.82, 2.24) is 15.1 Å². The predicted octanol–water partition coefficient (Wildman–Crippen LogP) is -1.23. The molecule has 2 saturated heterocycles. The van der Waals surface area contributed by atoms with E-state index < -0.39 is 5.54 Å². The van der Waals surface area contributed by atoms with Crippen molar-refractivity contribution < 1.29 is 4.92 Å². The third-order valence-corrected chi connectivity index (χ3v) is 2.70. The van der Waals surface area contributed by atoms with Crippen LogP contribution in [0.15, 0.2) is 0 Å². The quantitative estimate of drug-likeness (QED) is 0.410. The molecule has 2 bridgehead atoms. The van der Waals surface area contributed by atoms with Gasteiger partial charge in [0.05, 0.1) is 26.3 Å². The molecule has 6 heteroatoms. The Morgan fingerprint density at radius 1 is 1.54 bits per heavy atom. The molecule has 0 aromatic rings. The molecule has 2 aliphatic rings. The van der Waals surface area contributed by atoms with Crippen molar-refractivity contribution in [3.05, 3.63) is 10.1 Å². The predicted molar refractivity (Wildman–Crippen MR) is 46.8 cm³/mol. The van der Waals surface area contributed by atoms with Crippen molar-refractivity contribution in [2.75, 3.05) is 40.0 Å². The van der Waals surface area contributed by atoms with Crippen LogP contribution in [0.2, 0.25) is 0 Å². The fraction of sp³-hybridized carbons (Fsp3) is 1.00. The number of nitrogens with one attached hydrogen (secondary N) is 1. The number of fused-ring (bicyclic) bond motifs is 2. The zero-order chi connectivity index (χ0) is 9.47. The van der Waals surface area contributed by atoms with Gasteiger partial charge in [0.15, 0.2) is 0 Å². The average molecular weight is 186 g/mol. The van der Waals surface area contributed by atoms with Gasteiger partial charge in [0.25, 0.3) is 5.54 Å². The van der Waals surface area contributed by atoms with Gasteiger partial charge < -0.3 is 0 Å². The number of nitro groups is 1. The second kappa shape index (κ2) is 2.90. The smallest absolute Gasteiger partial charge is 0.259 e. The molecule has 2 heterocycles. The Bertz CT molecular complexity index is 231. The first-order valence-corrected chi connectivity index (χ1v) is 4.38. The van der Waals surface area contributed by atoms with Gasteiger partial charge in [-0.3, -0.25) is 25.2 Å². The zero-order valence-corrected chi connectivity index (χ0v) is 7.69. The van der Waals surface area contributed by atoms with Gasteiger partial charge in [0, 0.05) is 11.6 Å². The lowest BCUT2D eigenvalue weighted by Gasteiger charge is -2.44. The molecule has 0 aromatic heterocycles.